The summed E-state index contributed by atoms with van der Waals surface area (Å²) in [5.74, 6) is 1.03. The van der Waals surface area contributed by atoms with Gasteiger partial charge in [0.25, 0.3) is 0 Å². The number of aromatic nitrogens is 2. The Hall–Kier alpha value is -1.74. The third-order valence-corrected chi connectivity index (χ3v) is 3.75. The van der Waals surface area contributed by atoms with Gasteiger partial charge in [-0.3, -0.25) is 0 Å². The van der Waals surface area contributed by atoms with Crippen molar-refractivity contribution in [2.75, 3.05) is 23.7 Å². The predicted molar refractivity (Wildman–Crippen MR) is 73.8 cm³/mol. The van der Waals surface area contributed by atoms with Gasteiger partial charge in [0, 0.05) is 13.1 Å². The highest BCUT2D eigenvalue weighted by atomic mass is 16.3. The van der Waals surface area contributed by atoms with Crippen LogP contribution in [0.5, 0.6) is 0 Å². The van der Waals surface area contributed by atoms with Gasteiger partial charge >= 0.3 is 0 Å². The Bertz CT molecular complexity index is 490. The molecule has 2 unspecified atom stereocenters. The maximum absolute atomic E-state index is 9.75. The quantitative estimate of drug-likeness (QED) is 0.857. The predicted octanol–water partition coefficient (Wildman–Crippen LogP) is 1.27. The fourth-order valence-electron chi connectivity index (χ4n) is 2.42. The first-order valence-corrected chi connectivity index (χ1v) is 6.79. The van der Waals surface area contributed by atoms with E-state index in [2.05, 4.69) is 18.1 Å². The van der Waals surface area contributed by atoms with E-state index >= 15 is 0 Å². The molecular formula is C13H21N5O. The van der Waals surface area contributed by atoms with Crippen molar-refractivity contribution in [1.29, 1.82) is 5.26 Å². The monoisotopic (exact) mass is 263 g/mol. The third kappa shape index (κ3) is 2.51. The summed E-state index contributed by atoms with van der Waals surface area (Å²) in [7, 11) is 0. The molecule has 0 saturated carbocycles. The van der Waals surface area contributed by atoms with Crippen molar-refractivity contribution in [3.8, 4) is 6.07 Å². The number of nitrogen functional groups attached to an aromatic ring is 1. The van der Waals surface area contributed by atoms with Crippen LogP contribution >= 0.6 is 0 Å². The topological polar surface area (TPSA) is 91.1 Å². The number of piperidine rings is 1. The number of hydrogen-bond acceptors (Lipinski definition) is 5. The Morgan fingerprint density at radius 2 is 2.37 bits per heavy atom. The molecule has 2 rings (SSSR count). The molecule has 1 aliphatic heterocycles. The number of aliphatic hydroxyl groups excluding tert-OH is 1. The van der Waals surface area contributed by atoms with Crippen LogP contribution in [0.2, 0.25) is 0 Å². The van der Waals surface area contributed by atoms with Gasteiger partial charge < -0.3 is 15.7 Å². The number of anilines is 2. The van der Waals surface area contributed by atoms with E-state index in [1.165, 1.54) is 0 Å². The van der Waals surface area contributed by atoms with E-state index in [4.69, 9.17) is 5.73 Å². The molecule has 6 heteroatoms. The second-order valence-corrected chi connectivity index (χ2v) is 5.14. The number of nitrogens with zero attached hydrogens (tertiary/aromatic N) is 4. The van der Waals surface area contributed by atoms with Crippen molar-refractivity contribution in [3.63, 3.8) is 0 Å². The average molecular weight is 263 g/mol. The van der Waals surface area contributed by atoms with Gasteiger partial charge in [0.05, 0.1) is 12.1 Å². The summed E-state index contributed by atoms with van der Waals surface area (Å²) in [5, 5.41) is 23.5. The molecule has 1 fully saturated rings. The van der Waals surface area contributed by atoms with Gasteiger partial charge in [0.1, 0.15) is 17.5 Å². The number of hydrogen-bond donors (Lipinski definition) is 2. The summed E-state index contributed by atoms with van der Waals surface area (Å²) in [6, 6.07) is 2.31. The Labute approximate surface area is 113 Å². The highest BCUT2D eigenvalue weighted by molar-refractivity contribution is 5.65. The second kappa shape index (κ2) is 5.49. The second-order valence-electron chi connectivity index (χ2n) is 5.14. The lowest BCUT2D eigenvalue weighted by Gasteiger charge is -2.30. The van der Waals surface area contributed by atoms with Crippen molar-refractivity contribution >= 4 is 11.6 Å². The molecule has 104 valence electrons. The molecule has 0 aliphatic carbocycles. The zero-order valence-electron chi connectivity index (χ0n) is 11.5. The molecule has 1 aromatic rings. The fourth-order valence-corrected chi connectivity index (χ4v) is 2.42. The van der Waals surface area contributed by atoms with Gasteiger partial charge in [-0.25, -0.2) is 4.68 Å². The minimum Gasteiger partial charge on any atom is -0.391 e. The van der Waals surface area contributed by atoms with Crippen LogP contribution in [-0.4, -0.2) is 34.1 Å². The summed E-state index contributed by atoms with van der Waals surface area (Å²) in [6.07, 6.45) is 2.26. The smallest absolute Gasteiger partial charge is 0.171 e. The zero-order chi connectivity index (χ0) is 14.0. The molecule has 0 bridgehead atoms. The van der Waals surface area contributed by atoms with E-state index < -0.39 is 0 Å². The molecule has 2 atom stereocenters. The fraction of sp³-hybridized carbons (Fsp3) is 0.692. The van der Waals surface area contributed by atoms with Crippen molar-refractivity contribution in [1.82, 2.24) is 9.78 Å². The van der Waals surface area contributed by atoms with Crippen molar-refractivity contribution in [2.24, 2.45) is 0 Å². The molecule has 0 aromatic carbocycles. The molecule has 3 N–H and O–H groups in total. The normalized spacial score (nSPS) is 21.2. The zero-order valence-corrected chi connectivity index (χ0v) is 11.5. The van der Waals surface area contributed by atoms with Crippen molar-refractivity contribution in [2.45, 2.75) is 45.3 Å². The standard InChI is InChI=1S/C13H21N5O/c1-3-9(2)18-12(15)11(7-14)13(16-18)17-6-4-5-10(19)8-17/h9-10,19H,3-6,8,15H2,1-2H3. The molecule has 0 amide bonds. The summed E-state index contributed by atoms with van der Waals surface area (Å²) in [4.78, 5) is 1.96. The van der Waals surface area contributed by atoms with Crippen molar-refractivity contribution in [3.05, 3.63) is 5.56 Å². The molecule has 1 saturated heterocycles. The maximum Gasteiger partial charge on any atom is 0.171 e. The van der Waals surface area contributed by atoms with E-state index in [1.807, 2.05) is 11.8 Å². The maximum atomic E-state index is 9.75. The van der Waals surface area contributed by atoms with E-state index in [1.54, 1.807) is 4.68 Å². The number of nitriles is 1. The van der Waals surface area contributed by atoms with E-state index in [9.17, 15) is 10.4 Å². The molecule has 6 nitrogen and oxygen atoms in total. The van der Waals surface area contributed by atoms with Crippen LogP contribution in [0.1, 0.15) is 44.7 Å². The molecule has 0 radical (unpaired) electrons. The van der Waals surface area contributed by atoms with Crippen LogP contribution in [0.25, 0.3) is 0 Å². The van der Waals surface area contributed by atoms with Gasteiger partial charge in [-0.2, -0.15) is 10.4 Å². The minimum atomic E-state index is -0.352. The highest BCUT2D eigenvalue weighted by Crippen LogP contribution is 2.29. The van der Waals surface area contributed by atoms with Crippen LogP contribution < -0.4 is 10.6 Å². The van der Waals surface area contributed by atoms with Crippen LogP contribution in [0, 0.1) is 11.3 Å². The Morgan fingerprint density at radius 3 is 2.95 bits per heavy atom. The van der Waals surface area contributed by atoms with Gasteiger partial charge in [0.15, 0.2) is 5.82 Å². The minimum absolute atomic E-state index is 0.163. The molecule has 1 aliphatic rings. The first-order chi connectivity index (χ1) is 9.08. The largest absolute Gasteiger partial charge is 0.391 e. The lowest BCUT2D eigenvalue weighted by atomic mass is 10.1. The molecule has 0 spiro atoms. The van der Waals surface area contributed by atoms with E-state index in [0.29, 0.717) is 23.7 Å². The lowest BCUT2D eigenvalue weighted by molar-refractivity contribution is 0.153. The molecule has 2 heterocycles. The van der Waals surface area contributed by atoms with Crippen LogP contribution in [-0.2, 0) is 0 Å². The van der Waals surface area contributed by atoms with Crippen molar-refractivity contribution < 1.29 is 5.11 Å². The average Bonchev–Trinajstić information content (AvgIpc) is 2.75. The van der Waals surface area contributed by atoms with E-state index in [-0.39, 0.29) is 12.1 Å². The van der Waals surface area contributed by atoms with Crippen LogP contribution in [0.3, 0.4) is 0 Å². The van der Waals surface area contributed by atoms with Gasteiger partial charge in [-0.15, -0.1) is 0 Å². The SMILES string of the molecule is CCC(C)n1nc(N2CCCC(O)C2)c(C#N)c1N. The van der Waals surface area contributed by atoms with Gasteiger partial charge in [-0.1, -0.05) is 6.92 Å². The number of rotatable bonds is 3. The van der Waals surface area contributed by atoms with E-state index in [0.717, 1.165) is 25.8 Å². The summed E-state index contributed by atoms with van der Waals surface area (Å²) in [5.41, 5.74) is 6.45. The Morgan fingerprint density at radius 1 is 1.63 bits per heavy atom. The lowest BCUT2D eigenvalue weighted by Crippen LogP contribution is -2.38. The van der Waals surface area contributed by atoms with Crippen LogP contribution in [0.4, 0.5) is 11.6 Å². The first kappa shape index (κ1) is 13.7. The Balaban J connectivity index is 2.37. The summed E-state index contributed by atoms with van der Waals surface area (Å²) < 4.78 is 1.72. The number of β-amino-alcohol motifs (C(OH)–C–C–N with tert-alkyl or cyclic N) is 1. The first-order valence-electron chi connectivity index (χ1n) is 6.79. The number of nitrogens with two attached hydrogens (primary N) is 1. The molecule has 1 aromatic heterocycles. The van der Waals surface area contributed by atoms with Crippen LogP contribution in [0.15, 0.2) is 0 Å². The third-order valence-electron chi connectivity index (χ3n) is 3.75. The van der Waals surface area contributed by atoms with Gasteiger partial charge in [0.2, 0.25) is 0 Å². The Kier molecular flexibility index (Phi) is 3.96. The molecule has 19 heavy (non-hydrogen) atoms. The summed E-state index contributed by atoms with van der Waals surface area (Å²) in [6.45, 7) is 5.41. The number of aliphatic hydroxyl groups is 1. The van der Waals surface area contributed by atoms with Gasteiger partial charge in [-0.05, 0) is 26.2 Å². The summed E-state index contributed by atoms with van der Waals surface area (Å²) >= 11 is 0. The molecular weight excluding hydrogens is 242 g/mol. The highest BCUT2D eigenvalue weighted by Gasteiger charge is 2.26.